The van der Waals surface area contributed by atoms with Crippen molar-refractivity contribution in [3.05, 3.63) is 23.7 Å². The van der Waals surface area contributed by atoms with Crippen LogP contribution in [0, 0.1) is 6.92 Å². The van der Waals surface area contributed by atoms with Crippen molar-refractivity contribution in [1.82, 2.24) is 5.32 Å². The molecule has 0 amide bonds. The second-order valence-corrected chi connectivity index (χ2v) is 5.95. The summed E-state index contributed by atoms with van der Waals surface area (Å²) in [5, 5.41) is 3.09. The molecule has 1 aromatic rings. The van der Waals surface area contributed by atoms with Gasteiger partial charge in [0, 0.05) is 17.9 Å². The van der Waals surface area contributed by atoms with E-state index in [-0.39, 0.29) is 11.8 Å². The van der Waals surface area contributed by atoms with E-state index in [0.29, 0.717) is 6.42 Å². The second-order valence-electron chi connectivity index (χ2n) is 3.69. The van der Waals surface area contributed by atoms with E-state index in [9.17, 15) is 8.42 Å². The molecule has 15 heavy (non-hydrogen) atoms. The van der Waals surface area contributed by atoms with Gasteiger partial charge < -0.3 is 9.73 Å². The molecule has 1 unspecified atom stereocenters. The van der Waals surface area contributed by atoms with Crippen molar-refractivity contribution >= 4 is 9.84 Å². The first kappa shape index (κ1) is 12.3. The molecule has 0 bridgehead atoms. The van der Waals surface area contributed by atoms with Gasteiger partial charge in [0.05, 0.1) is 12.0 Å². The summed E-state index contributed by atoms with van der Waals surface area (Å²) in [6, 6.07) is 1.91. The molecule has 0 aromatic carbocycles. The van der Waals surface area contributed by atoms with E-state index in [0.717, 1.165) is 11.3 Å². The Labute approximate surface area is 90.6 Å². The first-order chi connectivity index (χ1) is 6.94. The highest BCUT2D eigenvalue weighted by molar-refractivity contribution is 7.90. The lowest BCUT2D eigenvalue weighted by atomic mass is 10.1. The number of rotatable bonds is 5. The lowest BCUT2D eigenvalue weighted by Crippen LogP contribution is -2.20. The molecule has 1 atom stereocenters. The van der Waals surface area contributed by atoms with Gasteiger partial charge in [-0.05, 0) is 26.5 Å². The lowest BCUT2D eigenvalue weighted by molar-refractivity contribution is 0.507. The van der Waals surface area contributed by atoms with Crippen LogP contribution in [0.2, 0.25) is 0 Å². The van der Waals surface area contributed by atoms with Gasteiger partial charge in [0.1, 0.15) is 15.6 Å². The summed E-state index contributed by atoms with van der Waals surface area (Å²) in [6.07, 6.45) is 3.44. The zero-order chi connectivity index (χ0) is 11.5. The number of furan rings is 1. The van der Waals surface area contributed by atoms with Crippen LogP contribution < -0.4 is 5.32 Å². The third kappa shape index (κ3) is 3.68. The average molecular weight is 231 g/mol. The molecule has 0 spiro atoms. The molecule has 0 aliphatic heterocycles. The highest BCUT2D eigenvalue weighted by atomic mass is 32.2. The van der Waals surface area contributed by atoms with Crippen LogP contribution in [-0.2, 0) is 9.84 Å². The van der Waals surface area contributed by atoms with Crippen molar-refractivity contribution < 1.29 is 12.8 Å². The minimum Gasteiger partial charge on any atom is -0.469 e. The van der Waals surface area contributed by atoms with E-state index in [1.807, 2.05) is 20.0 Å². The van der Waals surface area contributed by atoms with Gasteiger partial charge in [-0.2, -0.15) is 0 Å². The number of aryl methyl sites for hydroxylation is 1. The molecule has 1 rings (SSSR count). The maximum atomic E-state index is 11.1. The number of sulfone groups is 1. The van der Waals surface area contributed by atoms with Crippen LogP contribution in [0.5, 0.6) is 0 Å². The third-order valence-corrected chi connectivity index (χ3v) is 3.38. The van der Waals surface area contributed by atoms with E-state index in [1.54, 1.807) is 6.26 Å². The largest absolute Gasteiger partial charge is 0.469 e. The Morgan fingerprint density at radius 3 is 2.60 bits per heavy atom. The van der Waals surface area contributed by atoms with Crippen molar-refractivity contribution in [2.45, 2.75) is 19.4 Å². The lowest BCUT2D eigenvalue weighted by Gasteiger charge is -2.14. The van der Waals surface area contributed by atoms with Crippen molar-refractivity contribution in [1.29, 1.82) is 0 Å². The van der Waals surface area contributed by atoms with Crippen LogP contribution in [-0.4, -0.2) is 27.5 Å². The molecule has 5 heteroatoms. The molecule has 1 aromatic heterocycles. The summed E-state index contributed by atoms with van der Waals surface area (Å²) < 4.78 is 27.3. The predicted molar refractivity (Wildman–Crippen MR) is 59.6 cm³/mol. The molecule has 4 nitrogen and oxygen atoms in total. The molecule has 0 aliphatic rings. The molecular weight excluding hydrogens is 214 g/mol. The Morgan fingerprint density at radius 2 is 2.20 bits per heavy atom. The van der Waals surface area contributed by atoms with Crippen molar-refractivity contribution in [3.8, 4) is 0 Å². The maximum Gasteiger partial charge on any atom is 0.147 e. The Bertz CT molecular complexity index is 408. The van der Waals surface area contributed by atoms with Crippen molar-refractivity contribution in [2.75, 3.05) is 19.1 Å². The van der Waals surface area contributed by atoms with E-state index >= 15 is 0 Å². The Hall–Kier alpha value is -0.810. The first-order valence-corrected chi connectivity index (χ1v) is 6.89. The van der Waals surface area contributed by atoms with Gasteiger partial charge in [0.2, 0.25) is 0 Å². The number of nitrogens with one attached hydrogen (secondary N) is 1. The molecule has 0 aliphatic carbocycles. The van der Waals surface area contributed by atoms with Gasteiger partial charge in [-0.1, -0.05) is 0 Å². The molecular formula is C10H17NO3S. The molecule has 1 heterocycles. The first-order valence-electron chi connectivity index (χ1n) is 4.83. The standard InChI is InChI=1S/C10H17NO3S/c1-8-9(4-6-14-8)10(11-2)5-7-15(3,12)13/h4,6,10-11H,5,7H2,1-3H3. The number of hydrogen-bond acceptors (Lipinski definition) is 4. The fourth-order valence-corrected chi connectivity index (χ4v) is 2.21. The van der Waals surface area contributed by atoms with Crippen LogP contribution in [0.3, 0.4) is 0 Å². The van der Waals surface area contributed by atoms with Gasteiger partial charge in [0.25, 0.3) is 0 Å². The monoisotopic (exact) mass is 231 g/mol. The molecule has 0 fully saturated rings. The van der Waals surface area contributed by atoms with E-state index in [2.05, 4.69) is 5.32 Å². The van der Waals surface area contributed by atoms with Gasteiger partial charge >= 0.3 is 0 Å². The Kier molecular flexibility index (Phi) is 3.93. The summed E-state index contributed by atoms with van der Waals surface area (Å²) in [6.45, 7) is 1.88. The van der Waals surface area contributed by atoms with E-state index in [1.165, 1.54) is 6.26 Å². The quantitative estimate of drug-likeness (QED) is 0.829. The summed E-state index contributed by atoms with van der Waals surface area (Å²) >= 11 is 0. The van der Waals surface area contributed by atoms with Crippen LogP contribution in [0.15, 0.2) is 16.7 Å². The average Bonchev–Trinajstić information content (AvgIpc) is 2.52. The summed E-state index contributed by atoms with van der Waals surface area (Å²) in [5.74, 6) is 1.02. The van der Waals surface area contributed by atoms with Crippen molar-refractivity contribution in [3.63, 3.8) is 0 Å². The zero-order valence-electron chi connectivity index (χ0n) is 9.28. The summed E-state index contributed by atoms with van der Waals surface area (Å²) in [4.78, 5) is 0. The highest BCUT2D eigenvalue weighted by Crippen LogP contribution is 2.21. The SMILES string of the molecule is CNC(CCS(C)(=O)=O)c1ccoc1C. The Balaban J connectivity index is 2.70. The van der Waals surface area contributed by atoms with Crippen LogP contribution in [0.25, 0.3) is 0 Å². The third-order valence-electron chi connectivity index (χ3n) is 2.40. The van der Waals surface area contributed by atoms with Crippen LogP contribution in [0.4, 0.5) is 0 Å². The molecule has 86 valence electrons. The molecule has 0 radical (unpaired) electrons. The second kappa shape index (κ2) is 4.81. The topological polar surface area (TPSA) is 59.3 Å². The zero-order valence-corrected chi connectivity index (χ0v) is 10.1. The predicted octanol–water partition coefficient (Wildman–Crippen LogP) is 1.28. The fourth-order valence-electron chi connectivity index (χ4n) is 1.54. The van der Waals surface area contributed by atoms with Gasteiger partial charge in [-0.15, -0.1) is 0 Å². The fraction of sp³-hybridized carbons (Fsp3) is 0.600. The van der Waals surface area contributed by atoms with E-state index in [4.69, 9.17) is 4.42 Å². The normalized spacial score (nSPS) is 14.1. The summed E-state index contributed by atoms with van der Waals surface area (Å²) in [5.41, 5.74) is 1.03. The Morgan fingerprint density at radius 1 is 1.53 bits per heavy atom. The summed E-state index contributed by atoms with van der Waals surface area (Å²) in [7, 11) is -1.08. The van der Waals surface area contributed by atoms with Gasteiger partial charge in [-0.3, -0.25) is 0 Å². The molecule has 0 saturated heterocycles. The maximum absolute atomic E-state index is 11.1. The van der Waals surface area contributed by atoms with Crippen LogP contribution in [0.1, 0.15) is 23.8 Å². The minimum atomic E-state index is -2.90. The molecule has 1 N–H and O–H groups in total. The van der Waals surface area contributed by atoms with Crippen molar-refractivity contribution in [2.24, 2.45) is 0 Å². The van der Waals surface area contributed by atoms with Gasteiger partial charge in [-0.25, -0.2) is 8.42 Å². The molecule has 0 saturated carbocycles. The number of hydrogen-bond donors (Lipinski definition) is 1. The van der Waals surface area contributed by atoms with Gasteiger partial charge in [0.15, 0.2) is 0 Å². The smallest absolute Gasteiger partial charge is 0.147 e. The highest BCUT2D eigenvalue weighted by Gasteiger charge is 2.15. The van der Waals surface area contributed by atoms with Crippen LogP contribution >= 0.6 is 0 Å². The minimum absolute atomic E-state index is 0.0403. The van der Waals surface area contributed by atoms with E-state index < -0.39 is 9.84 Å².